The van der Waals surface area contributed by atoms with Crippen LogP contribution in [-0.2, 0) is 33.1 Å². The molecule has 9 heteroatoms. The average Bonchev–Trinajstić information content (AvgIpc) is 3.25. The number of imidazole rings is 1. The molecular weight excluding hydrogens is 368 g/mol. The molecule has 8 nitrogen and oxygen atoms in total. The van der Waals surface area contributed by atoms with E-state index in [4.69, 9.17) is 4.74 Å². The van der Waals surface area contributed by atoms with Gasteiger partial charge in [0.25, 0.3) is 0 Å². The van der Waals surface area contributed by atoms with Gasteiger partial charge >= 0.3 is 0 Å². The van der Waals surface area contributed by atoms with Crippen molar-refractivity contribution in [2.75, 3.05) is 19.7 Å². The van der Waals surface area contributed by atoms with E-state index < -0.39 is 10.0 Å². The maximum absolute atomic E-state index is 13.0. The van der Waals surface area contributed by atoms with Crippen LogP contribution >= 0.6 is 0 Å². The number of carbonyl (C=O) groups is 1. The zero-order chi connectivity index (χ0) is 19.2. The largest absolute Gasteiger partial charge is 0.365 e. The molecular formula is C18H22N4O4S. The lowest BCUT2D eigenvalue weighted by Gasteiger charge is -2.36. The highest BCUT2D eigenvalue weighted by Crippen LogP contribution is 2.29. The summed E-state index contributed by atoms with van der Waals surface area (Å²) in [6.07, 6.45) is 3.17. The zero-order valence-corrected chi connectivity index (χ0v) is 16.1. The van der Waals surface area contributed by atoms with E-state index in [1.807, 2.05) is 24.7 Å². The normalized spacial score (nSPS) is 23.6. The van der Waals surface area contributed by atoms with E-state index in [1.165, 1.54) is 4.31 Å². The number of aromatic nitrogens is 2. The lowest BCUT2D eigenvalue weighted by atomic mass is 10.1. The number of nitrogens with zero attached hydrogens (tertiary/aromatic N) is 4. The molecule has 0 bridgehead atoms. The van der Waals surface area contributed by atoms with E-state index >= 15 is 0 Å². The van der Waals surface area contributed by atoms with Crippen LogP contribution in [0.15, 0.2) is 41.6 Å². The number of benzene rings is 1. The van der Waals surface area contributed by atoms with E-state index in [-0.39, 0.29) is 42.6 Å². The molecule has 2 atom stereocenters. The quantitative estimate of drug-likeness (QED) is 0.760. The zero-order valence-electron chi connectivity index (χ0n) is 15.3. The van der Waals surface area contributed by atoms with Crippen molar-refractivity contribution < 1.29 is 17.9 Å². The first-order chi connectivity index (χ1) is 12.9. The van der Waals surface area contributed by atoms with E-state index in [0.717, 1.165) is 11.4 Å². The van der Waals surface area contributed by atoms with Crippen LogP contribution in [0.4, 0.5) is 0 Å². The summed E-state index contributed by atoms with van der Waals surface area (Å²) in [6, 6.07) is 6.48. The molecule has 2 fully saturated rings. The van der Waals surface area contributed by atoms with Crippen molar-refractivity contribution in [1.29, 1.82) is 0 Å². The summed E-state index contributed by atoms with van der Waals surface area (Å²) >= 11 is 0. The monoisotopic (exact) mass is 390 g/mol. The van der Waals surface area contributed by atoms with Crippen molar-refractivity contribution in [2.24, 2.45) is 7.05 Å². The first kappa shape index (κ1) is 18.1. The van der Waals surface area contributed by atoms with Gasteiger partial charge in [-0.2, -0.15) is 4.31 Å². The van der Waals surface area contributed by atoms with Gasteiger partial charge in [-0.25, -0.2) is 13.4 Å². The van der Waals surface area contributed by atoms with Gasteiger partial charge in [0, 0.05) is 32.5 Å². The Morgan fingerprint density at radius 3 is 2.63 bits per heavy atom. The number of ether oxygens (including phenoxy) is 1. The molecule has 2 aliphatic rings. The third-order valence-electron chi connectivity index (χ3n) is 5.24. The van der Waals surface area contributed by atoms with Crippen LogP contribution in [0.5, 0.6) is 0 Å². The van der Waals surface area contributed by atoms with Gasteiger partial charge in [-0.05, 0) is 19.1 Å². The van der Waals surface area contributed by atoms with Gasteiger partial charge in [0.05, 0.1) is 23.6 Å². The highest BCUT2D eigenvalue weighted by Gasteiger charge is 2.47. The lowest BCUT2D eigenvalue weighted by Crippen LogP contribution is -2.53. The van der Waals surface area contributed by atoms with Crippen molar-refractivity contribution in [2.45, 2.75) is 30.5 Å². The first-order valence-electron chi connectivity index (χ1n) is 8.80. The molecule has 0 radical (unpaired) electrons. The van der Waals surface area contributed by atoms with Gasteiger partial charge in [0.1, 0.15) is 12.4 Å². The number of hydrogen-bond donors (Lipinski definition) is 0. The second-order valence-electron chi connectivity index (χ2n) is 7.03. The van der Waals surface area contributed by atoms with Crippen LogP contribution in [0.2, 0.25) is 0 Å². The first-order valence-corrected chi connectivity index (χ1v) is 10.2. The van der Waals surface area contributed by atoms with Crippen LogP contribution in [0, 0.1) is 6.92 Å². The Morgan fingerprint density at radius 2 is 1.96 bits per heavy atom. The minimum atomic E-state index is -3.63. The van der Waals surface area contributed by atoms with E-state index in [1.54, 1.807) is 35.4 Å². The Morgan fingerprint density at radius 1 is 1.22 bits per heavy atom. The van der Waals surface area contributed by atoms with Crippen molar-refractivity contribution in [1.82, 2.24) is 18.8 Å². The average molecular weight is 390 g/mol. The summed E-state index contributed by atoms with van der Waals surface area (Å²) in [5.74, 6) is 0.609. The molecule has 1 aromatic heterocycles. The maximum atomic E-state index is 13.0. The van der Waals surface area contributed by atoms with Gasteiger partial charge in [-0.15, -0.1) is 0 Å². The predicted molar refractivity (Wildman–Crippen MR) is 97.2 cm³/mol. The Hall–Kier alpha value is -2.23. The Labute approximate surface area is 158 Å². The molecule has 0 N–H and O–H groups in total. The molecule has 0 aliphatic carbocycles. The van der Waals surface area contributed by atoms with Gasteiger partial charge in [0.15, 0.2) is 0 Å². The predicted octanol–water partition coefficient (Wildman–Crippen LogP) is 0.529. The third-order valence-corrected chi connectivity index (χ3v) is 7.08. The van der Waals surface area contributed by atoms with Gasteiger partial charge in [-0.3, -0.25) is 4.79 Å². The number of carbonyl (C=O) groups excluding carboxylic acids is 1. The second kappa shape index (κ2) is 6.74. The van der Waals surface area contributed by atoms with Gasteiger partial charge < -0.3 is 14.2 Å². The van der Waals surface area contributed by atoms with Gasteiger partial charge in [-0.1, -0.05) is 17.7 Å². The maximum Gasteiger partial charge on any atom is 0.249 e. The molecule has 2 saturated heterocycles. The van der Waals surface area contributed by atoms with Crippen LogP contribution in [0.1, 0.15) is 11.4 Å². The number of amides is 1. The molecule has 2 aliphatic heterocycles. The fourth-order valence-corrected chi connectivity index (χ4v) is 5.06. The fraction of sp³-hybridized carbons (Fsp3) is 0.444. The molecule has 2 unspecified atom stereocenters. The molecule has 2 aromatic rings. The number of fused-ring (bicyclic) bond motifs is 1. The topological polar surface area (TPSA) is 84.7 Å². The second-order valence-corrected chi connectivity index (χ2v) is 8.97. The van der Waals surface area contributed by atoms with E-state index in [0.29, 0.717) is 6.54 Å². The Bertz CT molecular complexity index is 954. The SMILES string of the molecule is Cc1ccc(S(=O)(=O)N2CC3OCC(=O)N(Cc4nccn4C)C3C2)cc1. The summed E-state index contributed by atoms with van der Waals surface area (Å²) < 4.78 is 34.9. The standard InChI is InChI=1S/C18H22N4O4S/c1-13-3-5-14(6-4-13)27(24,25)21-9-15-16(10-21)26-12-18(23)22(15)11-17-19-7-8-20(17)2/h3-8,15-16H,9-12H2,1-2H3. The van der Waals surface area contributed by atoms with Gasteiger partial charge in [0.2, 0.25) is 15.9 Å². The third kappa shape index (κ3) is 3.26. The highest BCUT2D eigenvalue weighted by molar-refractivity contribution is 7.89. The van der Waals surface area contributed by atoms with Crippen LogP contribution in [0.3, 0.4) is 0 Å². The molecule has 27 heavy (non-hydrogen) atoms. The summed E-state index contributed by atoms with van der Waals surface area (Å²) in [7, 11) is -1.76. The van der Waals surface area contributed by atoms with Crippen molar-refractivity contribution in [3.05, 3.63) is 48.0 Å². The van der Waals surface area contributed by atoms with Crippen molar-refractivity contribution in [3.8, 4) is 0 Å². The molecule has 1 amide bonds. The Kier molecular flexibility index (Phi) is 4.53. The van der Waals surface area contributed by atoms with Crippen LogP contribution in [0.25, 0.3) is 0 Å². The smallest absolute Gasteiger partial charge is 0.249 e. The van der Waals surface area contributed by atoms with Crippen molar-refractivity contribution in [3.63, 3.8) is 0 Å². The molecule has 1 aromatic carbocycles. The molecule has 4 rings (SSSR count). The van der Waals surface area contributed by atoms with E-state index in [2.05, 4.69) is 4.98 Å². The minimum Gasteiger partial charge on any atom is -0.365 e. The molecule has 0 spiro atoms. The minimum absolute atomic E-state index is 0.0377. The summed E-state index contributed by atoms with van der Waals surface area (Å²) in [5, 5.41) is 0. The summed E-state index contributed by atoms with van der Waals surface area (Å²) in [6.45, 7) is 2.67. The number of aryl methyl sites for hydroxylation is 2. The molecule has 144 valence electrons. The molecule has 0 saturated carbocycles. The highest BCUT2D eigenvalue weighted by atomic mass is 32.2. The summed E-state index contributed by atoms with van der Waals surface area (Å²) in [4.78, 5) is 18.7. The van der Waals surface area contributed by atoms with Crippen LogP contribution < -0.4 is 0 Å². The number of hydrogen-bond acceptors (Lipinski definition) is 5. The summed E-state index contributed by atoms with van der Waals surface area (Å²) in [5.41, 5.74) is 0.999. The van der Waals surface area contributed by atoms with Crippen LogP contribution in [-0.4, -0.2) is 64.9 Å². The van der Waals surface area contributed by atoms with Crippen molar-refractivity contribution >= 4 is 15.9 Å². The fourth-order valence-electron chi connectivity index (χ4n) is 3.59. The number of morpholine rings is 1. The Balaban J connectivity index is 1.57. The number of rotatable bonds is 4. The molecule has 3 heterocycles. The number of sulfonamides is 1. The van der Waals surface area contributed by atoms with E-state index in [9.17, 15) is 13.2 Å². The lowest BCUT2D eigenvalue weighted by molar-refractivity contribution is -0.154.